The van der Waals surface area contributed by atoms with Crippen molar-refractivity contribution in [1.82, 2.24) is 9.97 Å². The molecule has 0 atom stereocenters. The van der Waals surface area contributed by atoms with Gasteiger partial charge in [-0.15, -0.1) is 0 Å². The molecule has 1 saturated carbocycles. The number of allylic oxidation sites excluding steroid dienone is 1. The molecule has 29 heavy (non-hydrogen) atoms. The molecule has 0 saturated heterocycles. The second-order valence-electron chi connectivity index (χ2n) is 8.34. The molecule has 0 spiro atoms. The molecule has 2 aromatic rings. The maximum absolute atomic E-state index is 5.11. The molecule has 1 aliphatic carbocycles. The van der Waals surface area contributed by atoms with E-state index >= 15 is 0 Å². The van der Waals surface area contributed by atoms with Gasteiger partial charge in [-0.1, -0.05) is 62.6 Å². The summed E-state index contributed by atoms with van der Waals surface area (Å²) in [6, 6.07) is 8.94. The Morgan fingerprint density at radius 3 is 2.34 bits per heavy atom. The summed E-state index contributed by atoms with van der Waals surface area (Å²) in [5, 5.41) is 0. The van der Waals surface area contributed by atoms with Gasteiger partial charge < -0.3 is 4.74 Å². The van der Waals surface area contributed by atoms with Crippen LogP contribution in [0.2, 0.25) is 0 Å². The van der Waals surface area contributed by atoms with Crippen molar-refractivity contribution >= 4 is 0 Å². The van der Waals surface area contributed by atoms with E-state index in [2.05, 4.69) is 53.3 Å². The van der Waals surface area contributed by atoms with Crippen LogP contribution in [0.1, 0.15) is 75.3 Å². The molecule has 0 unspecified atom stereocenters. The summed E-state index contributed by atoms with van der Waals surface area (Å²) in [7, 11) is 1.75. The lowest BCUT2D eigenvalue weighted by atomic mass is 9.78. The first-order chi connectivity index (χ1) is 14.3. The normalized spacial score (nSPS) is 19.7. The fourth-order valence-corrected chi connectivity index (χ4v) is 4.28. The molecule has 1 heterocycles. The highest BCUT2D eigenvalue weighted by Crippen LogP contribution is 2.36. The Balaban J connectivity index is 1.51. The van der Waals surface area contributed by atoms with Crippen molar-refractivity contribution in [1.29, 1.82) is 0 Å². The standard InChI is InChI=1S/C26H36N2O/c1-3-4-5-6-8-22-19-27-26(28-20-22)25-16-14-24(15-17-25)23-12-10-21(11-13-23)9-7-18-29-2/h7,9,14-17,19-21,23H,3-6,8,10-13,18H2,1-2H3/b9-7+. The van der Waals surface area contributed by atoms with Crippen LogP contribution in [0.25, 0.3) is 11.4 Å². The van der Waals surface area contributed by atoms with Crippen LogP contribution in [-0.2, 0) is 11.2 Å². The maximum Gasteiger partial charge on any atom is 0.159 e. The topological polar surface area (TPSA) is 35.0 Å². The fourth-order valence-electron chi connectivity index (χ4n) is 4.28. The molecule has 1 aromatic heterocycles. The Labute approximate surface area is 176 Å². The van der Waals surface area contributed by atoms with E-state index in [0.29, 0.717) is 5.92 Å². The minimum absolute atomic E-state index is 0.683. The van der Waals surface area contributed by atoms with Gasteiger partial charge in [-0.05, 0) is 61.5 Å². The SMILES string of the molecule is CCCCCCc1cnc(-c2ccc(C3CCC(/C=C/COC)CC3)cc2)nc1. The predicted octanol–water partition coefficient (Wildman–Crippen LogP) is 6.74. The predicted molar refractivity (Wildman–Crippen MR) is 121 cm³/mol. The summed E-state index contributed by atoms with van der Waals surface area (Å²) < 4.78 is 5.11. The van der Waals surface area contributed by atoms with E-state index < -0.39 is 0 Å². The molecule has 0 N–H and O–H groups in total. The van der Waals surface area contributed by atoms with E-state index in [4.69, 9.17) is 4.74 Å². The second-order valence-corrected chi connectivity index (χ2v) is 8.34. The van der Waals surface area contributed by atoms with E-state index in [1.807, 2.05) is 12.4 Å². The number of unbranched alkanes of at least 4 members (excludes halogenated alkanes) is 3. The number of rotatable bonds is 10. The number of methoxy groups -OCH3 is 1. The minimum Gasteiger partial charge on any atom is -0.381 e. The summed E-state index contributed by atoms with van der Waals surface area (Å²) in [6.07, 6.45) is 19.8. The van der Waals surface area contributed by atoms with Gasteiger partial charge in [0.1, 0.15) is 0 Å². The molecule has 1 aromatic carbocycles. The van der Waals surface area contributed by atoms with Crippen molar-refractivity contribution in [3.63, 3.8) is 0 Å². The summed E-state index contributed by atoms with van der Waals surface area (Å²) in [6.45, 7) is 2.97. The summed E-state index contributed by atoms with van der Waals surface area (Å²) >= 11 is 0. The average Bonchev–Trinajstić information content (AvgIpc) is 2.78. The zero-order chi connectivity index (χ0) is 20.3. The average molecular weight is 393 g/mol. The number of hydrogen-bond acceptors (Lipinski definition) is 3. The lowest BCUT2D eigenvalue weighted by Gasteiger charge is -2.27. The van der Waals surface area contributed by atoms with Crippen LogP contribution in [0.15, 0.2) is 48.8 Å². The molecule has 1 fully saturated rings. The Morgan fingerprint density at radius 1 is 0.966 bits per heavy atom. The van der Waals surface area contributed by atoms with Crippen molar-refractivity contribution in [2.75, 3.05) is 13.7 Å². The maximum atomic E-state index is 5.11. The van der Waals surface area contributed by atoms with Crippen molar-refractivity contribution in [2.24, 2.45) is 5.92 Å². The Kier molecular flexibility index (Phi) is 8.88. The van der Waals surface area contributed by atoms with Crippen LogP contribution < -0.4 is 0 Å². The summed E-state index contributed by atoms with van der Waals surface area (Å²) in [4.78, 5) is 9.21. The van der Waals surface area contributed by atoms with Gasteiger partial charge in [0.15, 0.2) is 5.82 Å². The number of aryl methyl sites for hydroxylation is 1. The Bertz CT molecular complexity index is 728. The number of nitrogens with zero attached hydrogens (tertiary/aromatic N) is 2. The Morgan fingerprint density at radius 2 is 1.69 bits per heavy atom. The van der Waals surface area contributed by atoms with Crippen molar-refractivity contribution < 1.29 is 4.74 Å². The highest BCUT2D eigenvalue weighted by molar-refractivity contribution is 5.55. The summed E-state index contributed by atoms with van der Waals surface area (Å²) in [5.41, 5.74) is 3.82. The second kappa shape index (κ2) is 11.9. The minimum atomic E-state index is 0.683. The highest BCUT2D eigenvalue weighted by Gasteiger charge is 2.20. The van der Waals surface area contributed by atoms with Crippen LogP contribution >= 0.6 is 0 Å². The highest BCUT2D eigenvalue weighted by atomic mass is 16.5. The molecule has 3 rings (SSSR count). The third-order valence-electron chi connectivity index (χ3n) is 6.11. The number of ether oxygens (including phenoxy) is 1. The number of aromatic nitrogens is 2. The van der Waals surface area contributed by atoms with Gasteiger partial charge in [-0.2, -0.15) is 0 Å². The molecule has 156 valence electrons. The van der Waals surface area contributed by atoms with Crippen LogP contribution in [0.3, 0.4) is 0 Å². The van der Waals surface area contributed by atoms with Crippen LogP contribution in [0.4, 0.5) is 0 Å². The number of benzene rings is 1. The third kappa shape index (κ3) is 6.78. The molecule has 1 aliphatic rings. The van der Waals surface area contributed by atoms with Gasteiger partial charge in [0.25, 0.3) is 0 Å². The van der Waals surface area contributed by atoms with Gasteiger partial charge >= 0.3 is 0 Å². The van der Waals surface area contributed by atoms with Gasteiger partial charge in [0, 0.05) is 25.1 Å². The van der Waals surface area contributed by atoms with E-state index in [-0.39, 0.29) is 0 Å². The molecule has 0 bridgehead atoms. The first-order valence-corrected chi connectivity index (χ1v) is 11.4. The van der Waals surface area contributed by atoms with Gasteiger partial charge in [0.05, 0.1) is 6.61 Å². The quantitative estimate of drug-likeness (QED) is 0.331. The van der Waals surface area contributed by atoms with Crippen molar-refractivity contribution in [3.8, 4) is 11.4 Å². The summed E-state index contributed by atoms with van der Waals surface area (Å²) in [5.74, 6) is 2.23. The van der Waals surface area contributed by atoms with Crippen LogP contribution in [0.5, 0.6) is 0 Å². The van der Waals surface area contributed by atoms with Gasteiger partial charge in [-0.25, -0.2) is 9.97 Å². The molecule has 0 aliphatic heterocycles. The van der Waals surface area contributed by atoms with E-state index in [0.717, 1.165) is 30.3 Å². The zero-order valence-electron chi connectivity index (χ0n) is 18.1. The zero-order valence-corrected chi connectivity index (χ0v) is 18.1. The molecular formula is C26H36N2O. The van der Waals surface area contributed by atoms with E-state index in [1.165, 1.54) is 62.5 Å². The van der Waals surface area contributed by atoms with Gasteiger partial charge in [-0.3, -0.25) is 0 Å². The van der Waals surface area contributed by atoms with Crippen molar-refractivity contribution in [2.45, 2.75) is 70.6 Å². The first-order valence-electron chi connectivity index (χ1n) is 11.4. The lowest BCUT2D eigenvalue weighted by Crippen LogP contribution is -2.11. The monoisotopic (exact) mass is 392 g/mol. The molecule has 3 nitrogen and oxygen atoms in total. The lowest BCUT2D eigenvalue weighted by molar-refractivity contribution is 0.233. The Hall–Kier alpha value is -2.00. The number of hydrogen-bond donors (Lipinski definition) is 0. The van der Waals surface area contributed by atoms with Crippen LogP contribution in [0, 0.1) is 5.92 Å². The third-order valence-corrected chi connectivity index (χ3v) is 6.11. The molecule has 3 heteroatoms. The molecular weight excluding hydrogens is 356 g/mol. The molecule has 0 amide bonds. The fraction of sp³-hybridized carbons (Fsp3) is 0.538. The molecule has 0 radical (unpaired) electrons. The van der Waals surface area contributed by atoms with Crippen LogP contribution in [-0.4, -0.2) is 23.7 Å². The smallest absolute Gasteiger partial charge is 0.159 e. The van der Waals surface area contributed by atoms with E-state index in [9.17, 15) is 0 Å². The van der Waals surface area contributed by atoms with Gasteiger partial charge in [0.2, 0.25) is 0 Å². The largest absolute Gasteiger partial charge is 0.381 e. The van der Waals surface area contributed by atoms with E-state index in [1.54, 1.807) is 7.11 Å². The first kappa shape index (κ1) is 21.7. The van der Waals surface area contributed by atoms with Crippen molar-refractivity contribution in [3.05, 3.63) is 59.9 Å².